The maximum Gasteiger partial charge on any atom is 0.135 e. The minimum Gasteiger partial charge on any atom is -0.509 e. The van der Waals surface area contributed by atoms with Gasteiger partial charge in [0.15, 0.2) is 0 Å². The number of ether oxygens (including phenoxy) is 1. The molecule has 10 aromatic rings. The van der Waals surface area contributed by atoms with Gasteiger partial charge in [0.2, 0.25) is 0 Å². The number of anilines is 4. The molecule has 5 aliphatic rings. The molecule has 414 valence electrons. The van der Waals surface area contributed by atoms with Gasteiger partial charge in [-0.25, -0.2) is 4.98 Å². The summed E-state index contributed by atoms with van der Waals surface area (Å²) in [5.74, 6) is 2.09. The molecule has 4 aliphatic heterocycles. The van der Waals surface area contributed by atoms with Gasteiger partial charge >= 0.3 is 0 Å². The van der Waals surface area contributed by atoms with E-state index in [0.29, 0.717) is 35.7 Å². The molecule has 1 aliphatic carbocycles. The molecule has 0 amide bonds. The van der Waals surface area contributed by atoms with Crippen LogP contribution in [-0.2, 0) is 37.3 Å². The Morgan fingerprint density at radius 3 is 1.66 bits per heavy atom. The Morgan fingerprint density at radius 2 is 1.06 bits per heavy atom. The first-order valence-electron chi connectivity index (χ1n) is 29.6. The number of likely N-dealkylation sites (N-methyl/N-ethyl adjacent to an activating group) is 2. The third kappa shape index (κ3) is 8.04. The summed E-state index contributed by atoms with van der Waals surface area (Å²) in [5.41, 5.74) is 15.3. The standard InChI is InChI=1S/C74H69N6O.Pt/c1-72(2,3)54-42-43-75-70(46-54)80-62-33-16-15-32-58(62)59-41-40-57(48-65(59)80)81-56-31-23-30-55(47-56)78-49-79(64-35-18-17-34-63(64)78)71-60(73(52-26-11-7-12-27-52)66-36-19-20-37-67(73)76(66)4)44-51(50-24-9-6-10-25-50)45-61(71)74(53-28-13-8-14-29-53)68-38-21-22-39-69(74)77(68)5;/h6-18,23-35,40-46,49,66-69H,19-22,36-39H2,1-5H3;/q-3;. The molecule has 4 atom stereocenters. The van der Waals surface area contributed by atoms with E-state index in [-0.39, 0.29) is 37.3 Å². The summed E-state index contributed by atoms with van der Waals surface area (Å²) >= 11 is 0. The zero-order chi connectivity index (χ0) is 54.6. The van der Waals surface area contributed by atoms with Crippen molar-refractivity contribution >= 4 is 44.6 Å². The number of para-hydroxylation sites is 3. The van der Waals surface area contributed by atoms with E-state index in [2.05, 4.69) is 260 Å². The van der Waals surface area contributed by atoms with Crippen LogP contribution in [0.3, 0.4) is 0 Å². The van der Waals surface area contributed by atoms with Gasteiger partial charge in [-0.2, -0.15) is 12.1 Å². The van der Waals surface area contributed by atoms with Crippen molar-refractivity contribution in [3.05, 3.63) is 247 Å². The quantitative estimate of drug-likeness (QED) is 0.127. The molecule has 8 heteroatoms. The zero-order valence-electron chi connectivity index (χ0n) is 47.5. The number of fused-ring (bicyclic) bond motifs is 8. The Bertz CT molecular complexity index is 3880. The first-order valence-corrected chi connectivity index (χ1v) is 29.6. The fraction of sp³-hybridized carbons (Fsp3) is 0.270. The zero-order valence-corrected chi connectivity index (χ0v) is 49.8. The molecule has 2 aromatic heterocycles. The van der Waals surface area contributed by atoms with E-state index in [4.69, 9.17) is 9.72 Å². The molecule has 0 radical (unpaired) electrons. The largest absolute Gasteiger partial charge is 0.509 e. The van der Waals surface area contributed by atoms with Crippen molar-refractivity contribution in [1.29, 1.82) is 0 Å². The van der Waals surface area contributed by atoms with Gasteiger partial charge in [0, 0.05) is 85.5 Å². The number of likely N-dealkylation sites (tertiary alicyclic amines) is 1. The third-order valence-electron chi connectivity index (χ3n) is 19.6. The van der Waals surface area contributed by atoms with Crippen molar-refractivity contribution in [3.63, 3.8) is 0 Å². The van der Waals surface area contributed by atoms with Crippen molar-refractivity contribution in [3.8, 4) is 28.4 Å². The summed E-state index contributed by atoms with van der Waals surface area (Å²) in [6.45, 7) is 9.12. The van der Waals surface area contributed by atoms with Crippen LogP contribution in [0.2, 0.25) is 0 Å². The first-order chi connectivity index (χ1) is 39.6. The predicted octanol–water partition coefficient (Wildman–Crippen LogP) is 17.0. The van der Waals surface area contributed by atoms with Gasteiger partial charge in [-0.3, -0.25) is 9.80 Å². The monoisotopic (exact) mass is 1250 g/mol. The van der Waals surface area contributed by atoms with Crippen LogP contribution in [0.25, 0.3) is 38.8 Å². The molecular weight excluding hydrogens is 1180 g/mol. The van der Waals surface area contributed by atoms with Crippen LogP contribution in [0.4, 0.5) is 22.7 Å². The second-order valence-electron chi connectivity index (χ2n) is 24.7. The summed E-state index contributed by atoms with van der Waals surface area (Å²) in [6.07, 6.45) is 11.4. The van der Waals surface area contributed by atoms with Gasteiger partial charge < -0.3 is 19.1 Å². The molecule has 82 heavy (non-hydrogen) atoms. The predicted molar refractivity (Wildman–Crippen MR) is 330 cm³/mol. The van der Waals surface area contributed by atoms with Gasteiger partial charge in [0.1, 0.15) is 5.82 Å². The molecular formula is C74H69N6OPt-3. The van der Waals surface area contributed by atoms with Crippen LogP contribution in [0.15, 0.2) is 200 Å². The minimum atomic E-state index is -0.287. The van der Waals surface area contributed by atoms with Crippen LogP contribution in [-0.4, -0.2) is 57.6 Å². The fourth-order valence-corrected chi connectivity index (χ4v) is 16.0. The molecule has 0 spiro atoms. The average Bonchev–Trinajstić information content (AvgIpc) is 1.16. The Hall–Kier alpha value is -7.28. The molecule has 4 bridgehead atoms. The molecule has 6 heterocycles. The maximum atomic E-state index is 6.90. The van der Waals surface area contributed by atoms with Crippen molar-refractivity contribution in [1.82, 2.24) is 19.4 Å². The number of aromatic nitrogens is 2. The van der Waals surface area contributed by atoms with E-state index < -0.39 is 0 Å². The Labute approximate surface area is 498 Å². The number of benzene rings is 8. The molecule has 15 rings (SSSR count). The third-order valence-corrected chi connectivity index (χ3v) is 19.6. The van der Waals surface area contributed by atoms with E-state index in [1.54, 1.807) is 0 Å². The number of nitrogens with zero attached hydrogens (tertiary/aromatic N) is 6. The number of hydrogen-bond donors (Lipinski definition) is 0. The van der Waals surface area contributed by atoms with Crippen molar-refractivity contribution in [2.24, 2.45) is 0 Å². The molecule has 4 unspecified atom stereocenters. The van der Waals surface area contributed by atoms with Crippen molar-refractivity contribution < 1.29 is 25.8 Å². The van der Waals surface area contributed by atoms with Gasteiger partial charge in [0.25, 0.3) is 0 Å². The minimum absolute atomic E-state index is 0. The summed E-state index contributed by atoms with van der Waals surface area (Å²) in [7, 11) is 4.82. The van der Waals surface area contributed by atoms with Gasteiger partial charge in [-0.15, -0.1) is 48.1 Å². The van der Waals surface area contributed by atoms with Crippen LogP contribution in [0, 0.1) is 18.8 Å². The smallest absolute Gasteiger partial charge is 0.135 e. The number of pyridine rings is 1. The Balaban J connectivity index is 0.00000602. The van der Waals surface area contributed by atoms with E-state index in [1.165, 1.54) is 70.3 Å². The first kappa shape index (κ1) is 52.8. The number of hydrogen-bond acceptors (Lipinski definition) is 6. The van der Waals surface area contributed by atoms with Gasteiger partial charge in [-0.05, 0) is 132 Å². The van der Waals surface area contributed by atoms with E-state index in [0.717, 1.165) is 70.4 Å². The Kier molecular flexibility index (Phi) is 13.2. The number of rotatable bonds is 10. The average molecular weight is 1250 g/mol. The van der Waals surface area contributed by atoms with Crippen molar-refractivity contribution in [2.75, 3.05) is 23.9 Å². The van der Waals surface area contributed by atoms with Crippen LogP contribution >= 0.6 is 0 Å². The van der Waals surface area contributed by atoms with Crippen LogP contribution < -0.4 is 14.5 Å². The van der Waals surface area contributed by atoms with Gasteiger partial charge in [-0.1, -0.05) is 173 Å². The topological polar surface area (TPSA) is 40.0 Å². The van der Waals surface area contributed by atoms with Crippen molar-refractivity contribution in [2.45, 2.75) is 113 Å². The summed E-state index contributed by atoms with van der Waals surface area (Å²) in [4.78, 5) is 15.4. The summed E-state index contributed by atoms with van der Waals surface area (Å²) in [6, 6.07) is 81.1. The molecule has 0 N–H and O–H groups in total. The van der Waals surface area contributed by atoms with E-state index >= 15 is 0 Å². The molecule has 3 saturated heterocycles. The second kappa shape index (κ2) is 20.6. The molecule has 1 saturated carbocycles. The van der Waals surface area contributed by atoms with Gasteiger partial charge in [0.05, 0.1) is 10.8 Å². The summed E-state index contributed by atoms with van der Waals surface area (Å²) in [5, 5.41) is 2.25. The van der Waals surface area contributed by atoms with Crippen LogP contribution in [0.5, 0.6) is 11.5 Å². The fourth-order valence-electron chi connectivity index (χ4n) is 16.0. The Morgan fingerprint density at radius 1 is 0.524 bits per heavy atom. The molecule has 7 nitrogen and oxygen atoms in total. The van der Waals surface area contributed by atoms with Crippen LogP contribution in [0.1, 0.15) is 100.0 Å². The van der Waals surface area contributed by atoms with E-state index in [9.17, 15) is 0 Å². The summed E-state index contributed by atoms with van der Waals surface area (Å²) < 4.78 is 9.12. The molecule has 4 fully saturated rings. The maximum absolute atomic E-state index is 6.90. The SMILES string of the molecule is CN1C2CCCCC1C2(c1ccccc1)c1cc(-c2ccccc2)cc(C2(c3ccccc3)C3CCCCC2N3C)c1N1[CH-]N(c2[c-]c(Oc3[c-]c4c(cc3)c3ccccc3n4-c3cc(C(C)(C)C)ccn3)ccc2)c2ccccc21.[Pt]. The second-order valence-corrected chi connectivity index (χ2v) is 24.7. The normalized spacial score (nSPS) is 23.3. The van der Waals surface area contributed by atoms with E-state index in [1.807, 2.05) is 18.3 Å². The molecule has 8 aromatic carbocycles.